The zero-order valence-corrected chi connectivity index (χ0v) is 35.2. The van der Waals surface area contributed by atoms with E-state index < -0.39 is 11.6 Å². The fourth-order valence-electron chi connectivity index (χ4n) is 8.65. The van der Waals surface area contributed by atoms with Crippen molar-refractivity contribution in [3.05, 3.63) is 193 Å². The van der Waals surface area contributed by atoms with Gasteiger partial charge >= 0.3 is 6.01 Å². The van der Waals surface area contributed by atoms with Gasteiger partial charge in [-0.05, 0) is 103 Å². The molecule has 9 aromatic rings. The van der Waals surface area contributed by atoms with Gasteiger partial charge in [-0.2, -0.15) is 0 Å². The molecule has 0 spiro atoms. The fraction of sp³-hybridized carbons (Fsp3) is 0.127. The van der Waals surface area contributed by atoms with Gasteiger partial charge in [0.1, 0.15) is 29.0 Å². The van der Waals surface area contributed by atoms with Crippen molar-refractivity contribution in [3.63, 3.8) is 0 Å². The van der Waals surface area contributed by atoms with E-state index in [1.54, 1.807) is 0 Å². The van der Waals surface area contributed by atoms with E-state index in [4.69, 9.17) is 9.72 Å². The zero-order chi connectivity index (χ0) is 42.7. The van der Waals surface area contributed by atoms with Crippen LogP contribution in [0.2, 0.25) is 0 Å². The van der Waals surface area contributed by atoms with Crippen LogP contribution < -0.4 is 13.9 Å². The number of pyridine rings is 1. The summed E-state index contributed by atoms with van der Waals surface area (Å²) in [5, 5.41) is 2.24. The highest BCUT2D eigenvalue weighted by Gasteiger charge is 2.38. The smallest absolute Gasteiger partial charge is 0.457 e. The maximum Gasteiger partial charge on any atom is 0.503 e. The molecule has 0 aliphatic carbocycles. The predicted octanol–water partition coefficient (Wildman–Crippen LogP) is 14.9. The summed E-state index contributed by atoms with van der Waals surface area (Å²) in [5.41, 5.74) is 11.0. The summed E-state index contributed by atoms with van der Waals surface area (Å²) in [5.74, 6) is 1.19. The summed E-state index contributed by atoms with van der Waals surface area (Å²) >= 11 is 0. The quantitative estimate of drug-likeness (QED) is 0.143. The van der Waals surface area contributed by atoms with Crippen molar-refractivity contribution < 1.29 is 13.5 Å². The Morgan fingerprint density at radius 3 is 1.98 bits per heavy atom. The molecule has 0 radical (unpaired) electrons. The van der Waals surface area contributed by atoms with Gasteiger partial charge < -0.3 is 4.74 Å². The van der Waals surface area contributed by atoms with Gasteiger partial charge in [-0.3, -0.25) is 4.57 Å². The minimum absolute atomic E-state index is 0.0481. The first-order valence-corrected chi connectivity index (χ1v) is 20.9. The van der Waals surface area contributed by atoms with Crippen molar-refractivity contribution in [2.75, 3.05) is 0 Å². The van der Waals surface area contributed by atoms with Crippen LogP contribution in [0.5, 0.6) is 11.5 Å². The first-order chi connectivity index (χ1) is 30.0. The largest absolute Gasteiger partial charge is 0.503 e. The Morgan fingerprint density at radius 1 is 0.581 bits per heavy atom. The molecule has 0 unspecified atom stereocenters. The van der Waals surface area contributed by atoms with Crippen molar-refractivity contribution in [1.29, 1.82) is 0 Å². The van der Waals surface area contributed by atoms with Gasteiger partial charge in [0.25, 0.3) is 11.4 Å². The molecule has 1 aliphatic heterocycles. The van der Waals surface area contributed by atoms with Crippen LogP contribution in [0.15, 0.2) is 170 Å². The third kappa shape index (κ3) is 6.96. The average Bonchev–Trinajstić information content (AvgIpc) is 3.82. The molecule has 2 aromatic heterocycles. The van der Waals surface area contributed by atoms with Gasteiger partial charge in [0.15, 0.2) is 0 Å². The maximum atomic E-state index is 14.6. The monoisotopic (exact) mass is 814 g/mol. The van der Waals surface area contributed by atoms with Gasteiger partial charge in [0.2, 0.25) is 11.4 Å². The molecule has 62 heavy (non-hydrogen) atoms. The molecule has 302 valence electrons. The van der Waals surface area contributed by atoms with E-state index in [9.17, 15) is 8.78 Å². The van der Waals surface area contributed by atoms with E-state index >= 15 is 0 Å². The molecule has 3 heterocycles. The van der Waals surface area contributed by atoms with E-state index in [-0.39, 0.29) is 11.3 Å². The molecule has 0 fully saturated rings. The standard InChI is InChI=1S/C55H44F2N4O/c1-35(2)44-14-6-7-15-45(44)37-28-41(59-34-60(52-21-13-12-20-51(52)59)49-18-10-8-16-46(49)36-26-39(56)31-40(57)27-36)32-43(29-37)62-42-22-23-48-47-17-9-11-19-50(47)61(53(48)33-42)54-30-38(24-25-58-54)55(3,4)5/h6-33,35H,1-5H3/q+2. The molecular weight excluding hydrogens is 771 g/mol. The Morgan fingerprint density at radius 2 is 1.23 bits per heavy atom. The molecule has 0 amide bonds. The first kappa shape index (κ1) is 38.7. The molecule has 0 saturated carbocycles. The van der Waals surface area contributed by atoms with E-state index in [1.807, 2.05) is 69.9 Å². The molecular formula is C55H44F2N4O+2. The summed E-state index contributed by atoms with van der Waals surface area (Å²) < 4.78 is 42.3. The lowest BCUT2D eigenvalue weighted by Crippen LogP contribution is -2.12. The summed E-state index contributed by atoms with van der Waals surface area (Å²) in [6.07, 6.45) is 1.89. The van der Waals surface area contributed by atoms with Gasteiger partial charge in [-0.25, -0.2) is 13.8 Å². The maximum absolute atomic E-state index is 14.6. The molecule has 0 saturated heterocycles. The number of ether oxygens (including phenoxy) is 1. The van der Waals surface area contributed by atoms with Crippen LogP contribution in [0.1, 0.15) is 51.7 Å². The van der Waals surface area contributed by atoms with Crippen molar-refractivity contribution in [2.24, 2.45) is 0 Å². The van der Waals surface area contributed by atoms with Crippen LogP contribution in [0.25, 0.3) is 49.9 Å². The Kier molecular flexibility index (Phi) is 9.50. The predicted molar refractivity (Wildman–Crippen MR) is 249 cm³/mol. The van der Waals surface area contributed by atoms with Crippen LogP contribution in [0.4, 0.5) is 31.5 Å². The molecule has 0 bridgehead atoms. The molecule has 10 rings (SSSR count). The lowest BCUT2D eigenvalue weighted by Gasteiger charge is -2.20. The van der Waals surface area contributed by atoms with Crippen LogP contribution >= 0.6 is 0 Å². The number of hydrogen-bond donors (Lipinski definition) is 0. The number of aromatic nitrogens is 2. The van der Waals surface area contributed by atoms with Crippen LogP contribution in [0.3, 0.4) is 0 Å². The van der Waals surface area contributed by atoms with Crippen LogP contribution in [-0.4, -0.2) is 15.6 Å². The summed E-state index contributed by atoms with van der Waals surface area (Å²) in [4.78, 5) is 4.88. The normalized spacial score (nSPS) is 12.5. The third-order valence-corrected chi connectivity index (χ3v) is 11.6. The van der Waals surface area contributed by atoms with Crippen molar-refractivity contribution in [3.8, 4) is 39.6 Å². The summed E-state index contributed by atoms with van der Waals surface area (Å²) in [6, 6.07) is 56.7. The van der Waals surface area contributed by atoms with Gasteiger partial charge in [0, 0.05) is 53.4 Å². The Hall–Kier alpha value is -7.47. The summed E-state index contributed by atoms with van der Waals surface area (Å²) in [6.45, 7) is 11.1. The number of rotatable bonds is 8. The molecule has 7 aromatic carbocycles. The Bertz CT molecular complexity index is 3290. The van der Waals surface area contributed by atoms with E-state index in [2.05, 4.69) is 136 Å². The number of nitrogens with zero attached hydrogens (tertiary/aromatic N) is 4. The van der Waals surface area contributed by atoms with E-state index in [1.165, 1.54) is 23.3 Å². The van der Waals surface area contributed by atoms with Crippen molar-refractivity contribution in [2.45, 2.75) is 46.0 Å². The van der Waals surface area contributed by atoms with Crippen LogP contribution in [0, 0.1) is 11.6 Å². The average molecular weight is 815 g/mol. The zero-order valence-electron chi connectivity index (χ0n) is 35.2. The van der Waals surface area contributed by atoms with Gasteiger partial charge in [-0.1, -0.05) is 101 Å². The van der Waals surface area contributed by atoms with Crippen LogP contribution in [-0.2, 0) is 5.41 Å². The topological polar surface area (TPSA) is 33.1 Å². The second-order valence-electron chi connectivity index (χ2n) is 17.2. The van der Waals surface area contributed by atoms with E-state index in [0.29, 0.717) is 22.6 Å². The first-order valence-electron chi connectivity index (χ1n) is 20.9. The highest BCUT2D eigenvalue weighted by atomic mass is 19.1. The number of hydrogen-bond acceptors (Lipinski definition) is 2. The molecule has 5 nitrogen and oxygen atoms in total. The Balaban J connectivity index is 1.16. The summed E-state index contributed by atoms with van der Waals surface area (Å²) in [7, 11) is 0. The minimum Gasteiger partial charge on any atom is -0.457 e. The van der Waals surface area contributed by atoms with Gasteiger partial charge in [-0.15, -0.1) is 0 Å². The number of halogens is 2. The Labute approximate surface area is 359 Å². The molecule has 7 heteroatoms. The van der Waals surface area contributed by atoms with E-state index in [0.717, 1.165) is 67.6 Å². The highest BCUT2D eigenvalue weighted by Crippen LogP contribution is 2.43. The second-order valence-corrected chi connectivity index (χ2v) is 17.2. The lowest BCUT2D eigenvalue weighted by atomic mass is 9.88. The van der Waals surface area contributed by atoms with Crippen molar-refractivity contribution >= 4 is 50.6 Å². The molecule has 0 N–H and O–H groups in total. The number of para-hydroxylation sites is 4. The number of benzene rings is 7. The highest BCUT2D eigenvalue weighted by molar-refractivity contribution is 6.09. The number of fused-ring (bicyclic) bond motifs is 4. The second kappa shape index (κ2) is 15.2. The molecule has 0 atom stereocenters. The van der Waals surface area contributed by atoms with Gasteiger partial charge in [0.05, 0.1) is 22.7 Å². The third-order valence-electron chi connectivity index (χ3n) is 11.6. The lowest BCUT2D eigenvalue weighted by molar-refractivity contribution is 0.483. The van der Waals surface area contributed by atoms with Crippen molar-refractivity contribution in [1.82, 2.24) is 18.7 Å². The molecule has 1 aliphatic rings. The fourth-order valence-corrected chi connectivity index (χ4v) is 8.65. The SMILES string of the molecule is CC(C)c1ccccc1-c1cc(Oc2ccc3c4ccccc4n(-c4cc(C(C)(C)C)ccn4)c3c2)cc([N+]2=C=[N+](c3ccccc3-c3cc(F)cc(F)c3)c3ccccc32)c1. The minimum atomic E-state index is -0.635.